The van der Waals surface area contributed by atoms with Gasteiger partial charge in [0.1, 0.15) is 5.15 Å². The SMILES string of the molecule is CC(CO)c1ccnc(Cl)c1. The molecule has 11 heavy (non-hydrogen) atoms. The maximum atomic E-state index is 8.82. The van der Waals surface area contributed by atoms with Crippen LogP contribution >= 0.6 is 11.6 Å². The van der Waals surface area contributed by atoms with Gasteiger partial charge in [0.05, 0.1) is 0 Å². The third kappa shape index (κ3) is 2.17. The molecule has 0 aromatic carbocycles. The minimum Gasteiger partial charge on any atom is -0.396 e. The van der Waals surface area contributed by atoms with E-state index in [9.17, 15) is 0 Å². The van der Waals surface area contributed by atoms with Crippen molar-refractivity contribution in [1.29, 1.82) is 0 Å². The molecule has 1 heterocycles. The summed E-state index contributed by atoms with van der Waals surface area (Å²) in [5, 5.41) is 9.29. The van der Waals surface area contributed by atoms with E-state index in [-0.39, 0.29) is 12.5 Å². The topological polar surface area (TPSA) is 33.1 Å². The number of pyridine rings is 1. The van der Waals surface area contributed by atoms with E-state index in [0.29, 0.717) is 5.15 Å². The van der Waals surface area contributed by atoms with Gasteiger partial charge < -0.3 is 5.11 Å². The van der Waals surface area contributed by atoms with Crippen molar-refractivity contribution < 1.29 is 5.11 Å². The molecule has 0 saturated heterocycles. The van der Waals surface area contributed by atoms with Crippen molar-refractivity contribution in [3.63, 3.8) is 0 Å². The van der Waals surface area contributed by atoms with Gasteiger partial charge in [-0.05, 0) is 17.7 Å². The van der Waals surface area contributed by atoms with Gasteiger partial charge in [-0.15, -0.1) is 0 Å². The van der Waals surface area contributed by atoms with Crippen LogP contribution in [0.5, 0.6) is 0 Å². The maximum absolute atomic E-state index is 8.82. The molecule has 0 aliphatic rings. The predicted molar refractivity (Wildman–Crippen MR) is 44.7 cm³/mol. The number of nitrogens with zero attached hydrogens (tertiary/aromatic N) is 1. The molecule has 0 saturated carbocycles. The molecule has 1 rings (SSSR count). The second kappa shape index (κ2) is 3.69. The van der Waals surface area contributed by atoms with Gasteiger partial charge in [0.25, 0.3) is 0 Å². The molecule has 0 amide bonds. The Kier molecular flexibility index (Phi) is 2.85. The number of aromatic nitrogens is 1. The molecule has 0 aliphatic heterocycles. The Balaban J connectivity index is 2.86. The number of hydrogen-bond acceptors (Lipinski definition) is 2. The van der Waals surface area contributed by atoms with Gasteiger partial charge in [-0.3, -0.25) is 0 Å². The Morgan fingerprint density at radius 1 is 1.73 bits per heavy atom. The Labute approximate surface area is 70.8 Å². The van der Waals surface area contributed by atoms with Gasteiger partial charge in [-0.2, -0.15) is 0 Å². The van der Waals surface area contributed by atoms with E-state index in [0.717, 1.165) is 5.56 Å². The number of hydrogen-bond donors (Lipinski definition) is 1. The predicted octanol–water partition coefficient (Wildman–Crippen LogP) is 1.83. The minimum atomic E-state index is 0.135. The quantitative estimate of drug-likeness (QED) is 0.689. The van der Waals surface area contributed by atoms with Gasteiger partial charge in [-0.1, -0.05) is 18.5 Å². The second-order valence-electron chi connectivity index (χ2n) is 2.50. The highest BCUT2D eigenvalue weighted by molar-refractivity contribution is 6.29. The van der Waals surface area contributed by atoms with E-state index in [1.165, 1.54) is 0 Å². The van der Waals surface area contributed by atoms with Crippen LogP contribution in [0.3, 0.4) is 0 Å². The number of halogens is 1. The van der Waals surface area contributed by atoms with Gasteiger partial charge in [0, 0.05) is 18.7 Å². The van der Waals surface area contributed by atoms with E-state index in [1.807, 2.05) is 13.0 Å². The Bertz CT molecular complexity index is 239. The first-order chi connectivity index (χ1) is 5.24. The standard InChI is InChI=1S/C8H10ClNO/c1-6(5-11)7-2-3-10-8(9)4-7/h2-4,6,11H,5H2,1H3. The first-order valence-corrected chi connectivity index (χ1v) is 3.84. The summed E-state index contributed by atoms with van der Waals surface area (Å²) in [6.45, 7) is 2.08. The van der Waals surface area contributed by atoms with Gasteiger partial charge in [0.2, 0.25) is 0 Å². The first-order valence-electron chi connectivity index (χ1n) is 3.46. The molecular weight excluding hydrogens is 162 g/mol. The molecule has 0 spiro atoms. The Hall–Kier alpha value is -0.600. The summed E-state index contributed by atoms with van der Waals surface area (Å²) in [6, 6.07) is 3.62. The molecule has 0 aliphatic carbocycles. The molecule has 1 aromatic heterocycles. The molecule has 3 heteroatoms. The van der Waals surface area contributed by atoms with Crippen LogP contribution in [-0.4, -0.2) is 16.7 Å². The third-order valence-electron chi connectivity index (χ3n) is 1.59. The number of aliphatic hydroxyl groups excluding tert-OH is 1. The van der Waals surface area contributed by atoms with Crippen LogP contribution in [0.4, 0.5) is 0 Å². The fraction of sp³-hybridized carbons (Fsp3) is 0.375. The zero-order chi connectivity index (χ0) is 8.27. The van der Waals surface area contributed by atoms with Crippen LogP contribution in [0.2, 0.25) is 5.15 Å². The van der Waals surface area contributed by atoms with Crippen LogP contribution in [0.1, 0.15) is 18.4 Å². The lowest BCUT2D eigenvalue weighted by Gasteiger charge is -2.06. The van der Waals surface area contributed by atoms with Crippen molar-refractivity contribution in [1.82, 2.24) is 4.98 Å². The van der Waals surface area contributed by atoms with Gasteiger partial charge in [-0.25, -0.2) is 4.98 Å². The van der Waals surface area contributed by atoms with Crippen LogP contribution < -0.4 is 0 Å². The van der Waals surface area contributed by atoms with E-state index in [1.54, 1.807) is 12.3 Å². The number of aliphatic hydroxyl groups is 1. The monoisotopic (exact) mass is 171 g/mol. The molecule has 0 fully saturated rings. The minimum absolute atomic E-state index is 0.135. The molecule has 1 atom stereocenters. The van der Waals surface area contributed by atoms with E-state index < -0.39 is 0 Å². The molecule has 60 valence electrons. The molecular formula is C8H10ClNO. The largest absolute Gasteiger partial charge is 0.396 e. The normalized spacial score (nSPS) is 13.0. The lowest BCUT2D eigenvalue weighted by atomic mass is 10.0. The summed E-state index contributed by atoms with van der Waals surface area (Å²) in [5.74, 6) is 0.135. The summed E-state index contributed by atoms with van der Waals surface area (Å²) < 4.78 is 0. The summed E-state index contributed by atoms with van der Waals surface area (Å²) in [6.07, 6.45) is 1.64. The smallest absolute Gasteiger partial charge is 0.129 e. The fourth-order valence-corrected chi connectivity index (χ4v) is 1.01. The van der Waals surface area contributed by atoms with Crippen LogP contribution in [-0.2, 0) is 0 Å². The zero-order valence-electron chi connectivity index (χ0n) is 6.29. The lowest BCUT2D eigenvalue weighted by molar-refractivity contribution is 0.273. The molecule has 0 bridgehead atoms. The van der Waals surface area contributed by atoms with Crippen molar-refractivity contribution in [3.8, 4) is 0 Å². The summed E-state index contributed by atoms with van der Waals surface area (Å²) >= 11 is 5.65. The fourth-order valence-electron chi connectivity index (χ4n) is 0.829. The molecule has 0 radical (unpaired) electrons. The maximum Gasteiger partial charge on any atom is 0.129 e. The van der Waals surface area contributed by atoms with Crippen molar-refractivity contribution in [2.45, 2.75) is 12.8 Å². The Morgan fingerprint density at radius 3 is 3.00 bits per heavy atom. The van der Waals surface area contributed by atoms with Gasteiger partial charge in [0.15, 0.2) is 0 Å². The van der Waals surface area contributed by atoms with Gasteiger partial charge >= 0.3 is 0 Å². The summed E-state index contributed by atoms with van der Waals surface area (Å²) in [5.41, 5.74) is 1.02. The van der Waals surface area contributed by atoms with E-state index in [4.69, 9.17) is 16.7 Å². The highest BCUT2D eigenvalue weighted by Gasteiger charge is 2.03. The highest BCUT2D eigenvalue weighted by atomic mass is 35.5. The Morgan fingerprint density at radius 2 is 2.45 bits per heavy atom. The third-order valence-corrected chi connectivity index (χ3v) is 1.80. The second-order valence-corrected chi connectivity index (χ2v) is 2.88. The molecule has 2 nitrogen and oxygen atoms in total. The average Bonchev–Trinajstić information content (AvgIpc) is 2.03. The molecule has 1 unspecified atom stereocenters. The lowest BCUT2D eigenvalue weighted by Crippen LogP contribution is -1.98. The highest BCUT2D eigenvalue weighted by Crippen LogP contribution is 2.16. The summed E-state index contributed by atoms with van der Waals surface area (Å²) in [7, 11) is 0. The molecule has 1 N–H and O–H groups in total. The van der Waals surface area contributed by atoms with Crippen LogP contribution in [0.15, 0.2) is 18.3 Å². The summed E-state index contributed by atoms with van der Waals surface area (Å²) in [4.78, 5) is 3.84. The van der Waals surface area contributed by atoms with E-state index >= 15 is 0 Å². The zero-order valence-corrected chi connectivity index (χ0v) is 7.04. The van der Waals surface area contributed by atoms with Crippen LogP contribution in [0.25, 0.3) is 0 Å². The van der Waals surface area contributed by atoms with Crippen molar-refractivity contribution >= 4 is 11.6 Å². The number of rotatable bonds is 2. The van der Waals surface area contributed by atoms with E-state index in [2.05, 4.69) is 4.98 Å². The first kappa shape index (κ1) is 8.50. The average molecular weight is 172 g/mol. The molecule has 1 aromatic rings. The van der Waals surface area contributed by atoms with Crippen LogP contribution in [0, 0.1) is 0 Å². The van der Waals surface area contributed by atoms with Crippen molar-refractivity contribution in [2.24, 2.45) is 0 Å². The van der Waals surface area contributed by atoms with Crippen molar-refractivity contribution in [3.05, 3.63) is 29.0 Å². The van der Waals surface area contributed by atoms with Crippen molar-refractivity contribution in [2.75, 3.05) is 6.61 Å².